The molecule has 5 rings (SSSR count). The first-order chi connectivity index (χ1) is 12.3. The Morgan fingerprint density at radius 3 is 1.54 bits per heavy atom. The molecule has 0 atom stereocenters. The van der Waals surface area contributed by atoms with Crippen molar-refractivity contribution in [2.45, 2.75) is 24.7 Å². The van der Waals surface area contributed by atoms with Gasteiger partial charge in [0.15, 0.2) is 0 Å². The van der Waals surface area contributed by atoms with Gasteiger partial charge >= 0.3 is 11.9 Å². The number of fused-ring (bicyclic) bond motifs is 8. The second-order valence-electron chi connectivity index (χ2n) is 7.55. The molecule has 4 nitrogen and oxygen atoms in total. The number of hydrogen-bond donors (Lipinski definition) is 0. The van der Waals surface area contributed by atoms with Gasteiger partial charge in [-0.2, -0.15) is 0 Å². The highest BCUT2D eigenvalue weighted by Gasteiger charge is 2.77. The quantitative estimate of drug-likeness (QED) is 0.537. The second-order valence-corrected chi connectivity index (χ2v) is 7.55. The molecule has 1 aliphatic carbocycles. The van der Waals surface area contributed by atoms with Crippen LogP contribution in [0.4, 0.5) is 8.78 Å². The Kier molecular flexibility index (Phi) is 2.68. The molecule has 0 radical (unpaired) electrons. The first-order valence-electron chi connectivity index (χ1n) is 8.31. The molecule has 1 fully saturated rings. The van der Waals surface area contributed by atoms with Crippen molar-refractivity contribution in [2.75, 3.05) is 0 Å². The minimum absolute atomic E-state index is 0.133. The number of carbonyl (C=O) groups is 2. The topological polar surface area (TPSA) is 52.6 Å². The van der Waals surface area contributed by atoms with E-state index in [2.05, 4.69) is 0 Å². The van der Waals surface area contributed by atoms with E-state index in [0.29, 0.717) is 11.1 Å². The van der Waals surface area contributed by atoms with Gasteiger partial charge in [0.2, 0.25) is 0 Å². The maximum atomic E-state index is 13.6. The third-order valence-electron chi connectivity index (χ3n) is 6.34. The van der Waals surface area contributed by atoms with Crippen molar-refractivity contribution >= 4 is 11.9 Å². The van der Waals surface area contributed by atoms with Crippen molar-refractivity contribution in [3.05, 3.63) is 59.2 Å². The molecular formula is C20H14F2O4. The molecular weight excluding hydrogens is 342 g/mol. The van der Waals surface area contributed by atoms with Crippen LogP contribution in [0.1, 0.15) is 25.0 Å². The molecule has 2 heterocycles. The number of hydrogen-bond acceptors (Lipinski definition) is 4. The van der Waals surface area contributed by atoms with Gasteiger partial charge < -0.3 is 9.47 Å². The van der Waals surface area contributed by atoms with E-state index in [0.717, 1.165) is 12.1 Å². The van der Waals surface area contributed by atoms with E-state index in [1.165, 1.54) is 12.1 Å². The number of carbonyl (C=O) groups excluding carboxylic acids is 2. The molecule has 2 aliphatic heterocycles. The summed E-state index contributed by atoms with van der Waals surface area (Å²) in [6.07, 6.45) is 0. The molecule has 6 heteroatoms. The summed E-state index contributed by atoms with van der Waals surface area (Å²) in [4.78, 5) is 25.6. The average Bonchev–Trinajstić information content (AvgIpc) is 2.52. The summed E-state index contributed by atoms with van der Waals surface area (Å²) in [6, 6.07) is 7.98. The smallest absolute Gasteiger partial charge is 0.316 e. The van der Waals surface area contributed by atoms with Crippen LogP contribution in [0.5, 0.6) is 11.5 Å². The first-order valence-corrected chi connectivity index (χ1v) is 8.31. The fourth-order valence-electron chi connectivity index (χ4n) is 5.47. The van der Waals surface area contributed by atoms with Crippen molar-refractivity contribution in [1.29, 1.82) is 0 Å². The average molecular weight is 356 g/mol. The molecule has 132 valence electrons. The lowest BCUT2D eigenvalue weighted by molar-refractivity contribution is -0.184. The molecule has 3 aliphatic rings. The molecule has 0 unspecified atom stereocenters. The first kappa shape index (κ1) is 15.5. The summed E-state index contributed by atoms with van der Waals surface area (Å²) < 4.78 is 38.0. The number of esters is 2. The standard InChI is InChI=1S/C20H14F2O4/c1-19-11-5-3-9(21)7-13(11)25-17(23)15(19)20(2)12-6-4-10(22)8-14(12)26-18(24)16(19)20/h3-8,15-16H,1-2H3. The Balaban J connectivity index is 1.76. The zero-order chi connectivity index (χ0) is 18.4. The van der Waals surface area contributed by atoms with Crippen LogP contribution in [0.2, 0.25) is 0 Å². The molecule has 26 heavy (non-hydrogen) atoms. The van der Waals surface area contributed by atoms with E-state index < -0.39 is 46.2 Å². The summed E-state index contributed by atoms with van der Waals surface area (Å²) in [7, 11) is 0. The number of rotatable bonds is 0. The molecule has 0 N–H and O–H groups in total. The fraction of sp³-hybridized carbons (Fsp3) is 0.300. The van der Waals surface area contributed by atoms with E-state index in [9.17, 15) is 18.4 Å². The number of benzene rings is 2. The van der Waals surface area contributed by atoms with Gasteiger partial charge in [-0.05, 0) is 12.1 Å². The van der Waals surface area contributed by atoms with E-state index >= 15 is 0 Å². The van der Waals surface area contributed by atoms with Crippen LogP contribution < -0.4 is 9.47 Å². The summed E-state index contributed by atoms with van der Waals surface area (Å²) in [5.74, 6) is -3.13. The van der Waals surface area contributed by atoms with Crippen molar-refractivity contribution in [1.82, 2.24) is 0 Å². The van der Waals surface area contributed by atoms with Crippen molar-refractivity contribution in [2.24, 2.45) is 11.8 Å². The summed E-state index contributed by atoms with van der Waals surface area (Å²) >= 11 is 0. The number of ether oxygens (including phenoxy) is 2. The van der Waals surface area contributed by atoms with Gasteiger partial charge in [0.1, 0.15) is 23.1 Å². The van der Waals surface area contributed by atoms with Gasteiger partial charge in [-0.15, -0.1) is 0 Å². The van der Waals surface area contributed by atoms with Crippen molar-refractivity contribution in [3.63, 3.8) is 0 Å². The molecule has 2 aromatic carbocycles. The Morgan fingerprint density at radius 2 is 1.15 bits per heavy atom. The highest BCUT2D eigenvalue weighted by atomic mass is 19.1. The van der Waals surface area contributed by atoms with Gasteiger partial charge in [0, 0.05) is 34.1 Å². The second kappa shape index (κ2) is 4.50. The summed E-state index contributed by atoms with van der Waals surface area (Å²) in [5, 5.41) is 0. The van der Waals surface area contributed by atoms with E-state index in [1.807, 2.05) is 0 Å². The summed E-state index contributed by atoms with van der Waals surface area (Å²) in [6.45, 7) is 3.61. The van der Waals surface area contributed by atoms with E-state index in [1.54, 1.807) is 26.0 Å². The normalized spacial score (nSPS) is 33.7. The third-order valence-corrected chi connectivity index (χ3v) is 6.34. The molecule has 0 spiro atoms. The van der Waals surface area contributed by atoms with Gasteiger partial charge in [0.05, 0.1) is 11.8 Å². The van der Waals surface area contributed by atoms with Gasteiger partial charge in [-0.1, -0.05) is 26.0 Å². The molecule has 1 saturated carbocycles. The lowest BCUT2D eigenvalue weighted by Gasteiger charge is -2.66. The Labute approximate surface area is 147 Å². The molecule has 0 saturated heterocycles. The lowest BCUT2D eigenvalue weighted by Crippen LogP contribution is -2.75. The van der Waals surface area contributed by atoms with Crippen LogP contribution in [0, 0.1) is 23.5 Å². The van der Waals surface area contributed by atoms with E-state index in [-0.39, 0.29) is 11.5 Å². The Morgan fingerprint density at radius 1 is 0.769 bits per heavy atom. The highest BCUT2D eigenvalue weighted by molar-refractivity contribution is 5.94. The fourth-order valence-corrected chi connectivity index (χ4v) is 5.47. The molecule has 0 amide bonds. The molecule has 0 bridgehead atoms. The van der Waals surface area contributed by atoms with Gasteiger partial charge in [-0.25, -0.2) is 8.78 Å². The van der Waals surface area contributed by atoms with Crippen LogP contribution >= 0.6 is 0 Å². The van der Waals surface area contributed by atoms with Crippen LogP contribution in [0.3, 0.4) is 0 Å². The van der Waals surface area contributed by atoms with Crippen LogP contribution in [0.15, 0.2) is 36.4 Å². The van der Waals surface area contributed by atoms with Crippen LogP contribution in [-0.4, -0.2) is 11.9 Å². The van der Waals surface area contributed by atoms with Crippen LogP contribution in [0.25, 0.3) is 0 Å². The maximum Gasteiger partial charge on any atom is 0.316 e. The predicted octanol–water partition coefficient (Wildman–Crippen LogP) is 3.26. The number of halogens is 2. The zero-order valence-electron chi connectivity index (χ0n) is 14.0. The third kappa shape index (κ3) is 1.54. The van der Waals surface area contributed by atoms with E-state index in [4.69, 9.17) is 9.47 Å². The SMILES string of the molecule is CC12c3ccc(F)cc3OC(=O)C1C1(C)c3ccc(F)cc3OC(=O)C21. The van der Waals surface area contributed by atoms with Gasteiger partial charge in [-0.3, -0.25) is 9.59 Å². The predicted molar refractivity (Wildman–Crippen MR) is 85.8 cm³/mol. The minimum atomic E-state index is -0.879. The minimum Gasteiger partial charge on any atom is -0.426 e. The zero-order valence-corrected chi connectivity index (χ0v) is 14.0. The Hall–Kier alpha value is -2.76. The van der Waals surface area contributed by atoms with Gasteiger partial charge in [0.25, 0.3) is 0 Å². The highest BCUT2D eigenvalue weighted by Crippen LogP contribution is 2.70. The molecule has 0 aromatic heterocycles. The van der Waals surface area contributed by atoms with Crippen molar-refractivity contribution in [3.8, 4) is 11.5 Å². The molecule has 2 aromatic rings. The summed E-state index contributed by atoms with van der Waals surface area (Å²) in [5.41, 5.74) is -0.547. The largest absolute Gasteiger partial charge is 0.426 e. The maximum absolute atomic E-state index is 13.6. The van der Waals surface area contributed by atoms with Crippen LogP contribution in [-0.2, 0) is 20.4 Å². The van der Waals surface area contributed by atoms with Crippen molar-refractivity contribution < 1.29 is 27.8 Å². The monoisotopic (exact) mass is 356 g/mol. The Bertz CT molecular complexity index is 923. The lowest BCUT2D eigenvalue weighted by atomic mass is 9.35.